The summed E-state index contributed by atoms with van der Waals surface area (Å²) in [5.74, 6) is -2.46. The summed E-state index contributed by atoms with van der Waals surface area (Å²) < 4.78 is 26.2. The Balaban J connectivity index is 1.84. The second kappa shape index (κ2) is 10.4. The van der Waals surface area contributed by atoms with Crippen molar-refractivity contribution in [1.29, 1.82) is 0 Å². The third kappa shape index (κ3) is 7.43. The third-order valence-electron chi connectivity index (χ3n) is 3.92. The molecule has 2 aromatic rings. The van der Waals surface area contributed by atoms with Crippen LogP contribution >= 0.6 is 0 Å². The van der Waals surface area contributed by atoms with Crippen molar-refractivity contribution in [3.8, 4) is 0 Å². The third-order valence-corrected chi connectivity index (χ3v) is 5.24. The van der Waals surface area contributed by atoms with Crippen LogP contribution in [0.1, 0.15) is 39.3 Å². The number of aromatic nitrogens is 1. The summed E-state index contributed by atoms with van der Waals surface area (Å²) in [5.41, 5.74) is 6.09. The zero-order chi connectivity index (χ0) is 21.3. The van der Waals surface area contributed by atoms with Crippen molar-refractivity contribution in [3.63, 3.8) is 0 Å². The predicted molar refractivity (Wildman–Crippen MR) is 106 cm³/mol. The molecule has 0 radical (unpaired) electrons. The van der Waals surface area contributed by atoms with Crippen molar-refractivity contribution in [3.05, 3.63) is 65.5 Å². The van der Waals surface area contributed by atoms with Crippen molar-refractivity contribution in [1.82, 2.24) is 15.0 Å². The Labute approximate surface area is 168 Å². The number of rotatable bonds is 9. The molecule has 29 heavy (non-hydrogen) atoms. The number of amides is 3. The van der Waals surface area contributed by atoms with E-state index >= 15 is 0 Å². The highest BCUT2D eigenvalue weighted by Gasteiger charge is 2.17. The van der Waals surface area contributed by atoms with Crippen LogP contribution in [0.2, 0.25) is 0 Å². The number of benzene rings is 1. The molecule has 0 unspecified atom stereocenters. The first-order valence-corrected chi connectivity index (χ1v) is 10.5. The lowest BCUT2D eigenvalue weighted by Gasteiger charge is -2.07. The molecule has 0 bridgehead atoms. The smallest absolute Gasteiger partial charge is 0.276 e. The first-order valence-electron chi connectivity index (χ1n) is 8.90. The van der Waals surface area contributed by atoms with Crippen LogP contribution in [-0.2, 0) is 21.2 Å². The van der Waals surface area contributed by atoms with Gasteiger partial charge in [0.1, 0.15) is 5.69 Å². The van der Waals surface area contributed by atoms with Crippen molar-refractivity contribution >= 4 is 27.7 Å². The highest BCUT2D eigenvalue weighted by molar-refractivity contribution is 7.90. The molecule has 3 amide bonds. The van der Waals surface area contributed by atoms with Crippen LogP contribution in [0.25, 0.3) is 0 Å². The summed E-state index contributed by atoms with van der Waals surface area (Å²) in [6, 6.07) is 12.2. The summed E-state index contributed by atoms with van der Waals surface area (Å²) in [7, 11) is -3.79. The average Bonchev–Trinajstić information content (AvgIpc) is 2.71. The summed E-state index contributed by atoms with van der Waals surface area (Å²) in [6.07, 6.45) is 2.89. The normalized spacial score (nSPS) is 10.9. The van der Waals surface area contributed by atoms with E-state index in [1.807, 2.05) is 40.4 Å². The molecule has 0 atom stereocenters. The van der Waals surface area contributed by atoms with Crippen molar-refractivity contribution in [2.45, 2.75) is 19.3 Å². The zero-order valence-electron chi connectivity index (χ0n) is 15.6. The Hall–Kier alpha value is -3.11. The summed E-state index contributed by atoms with van der Waals surface area (Å²) in [4.78, 5) is 38.7. The molecule has 2 rings (SSSR count). The number of imide groups is 1. The molecule has 9 nitrogen and oxygen atoms in total. The van der Waals surface area contributed by atoms with Gasteiger partial charge in [0.25, 0.3) is 11.8 Å². The summed E-state index contributed by atoms with van der Waals surface area (Å²) in [6.45, 7) is -0.352. The average molecular weight is 418 g/mol. The monoisotopic (exact) mass is 418 g/mol. The van der Waals surface area contributed by atoms with E-state index in [1.165, 1.54) is 12.1 Å². The number of carbonyl (C=O) groups excluding carboxylic acids is 3. The minimum absolute atomic E-state index is 0.0282. The number of aryl methyl sites for hydroxylation is 1. The second-order valence-electron chi connectivity index (χ2n) is 6.21. The molecule has 1 heterocycles. The number of nitrogens with zero attached hydrogens (tertiary/aromatic N) is 1. The fourth-order valence-electron chi connectivity index (χ4n) is 2.42. The lowest BCUT2D eigenvalue weighted by Crippen LogP contribution is -2.36. The maximum atomic E-state index is 12.1. The Bertz CT molecular complexity index is 960. The molecule has 10 heteroatoms. The number of hydrogen-bond donors (Lipinski definition) is 3. The van der Waals surface area contributed by atoms with Crippen LogP contribution in [0, 0.1) is 0 Å². The molecular weight excluding hydrogens is 396 g/mol. The molecule has 0 aliphatic heterocycles. The first kappa shape index (κ1) is 22.2. The predicted octanol–water partition coefficient (Wildman–Crippen LogP) is 0.379. The van der Waals surface area contributed by atoms with Gasteiger partial charge in [-0.2, -0.15) is 0 Å². The second-order valence-corrected chi connectivity index (χ2v) is 8.05. The van der Waals surface area contributed by atoms with E-state index in [1.54, 1.807) is 0 Å². The highest BCUT2D eigenvalue weighted by Crippen LogP contribution is 2.06. The van der Waals surface area contributed by atoms with Gasteiger partial charge in [-0.25, -0.2) is 13.1 Å². The Morgan fingerprint density at radius 1 is 0.966 bits per heavy atom. The maximum absolute atomic E-state index is 12.1. The lowest BCUT2D eigenvalue weighted by molar-refractivity contribution is -0.118. The van der Waals surface area contributed by atoms with E-state index in [0.717, 1.165) is 18.2 Å². The van der Waals surface area contributed by atoms with Crippen LogP contribution in [0.5, 0.6) is 0 Å². The topological polar surface area (TPSA) is 148 Å². The van der Waals surface area contributed by atoms with E-state index in [4.69, 9.17) is 5.73 Å². The molecule has 0 aliphatic carbocycles. The number of pyridine rings is 1. The minimum Gasteiger partial charge on any atom is -0.322 e. The van der Waals surface area contributed by atoms with Gasteiger partial charge in [-0.3, -0.25) is 24.7 Å². The molecule has 1 aromatic carbocycles. The molecule has 1 aromatic heterocycles. The highest BCUT2D eigenvalue weighted by atomic mass is 32.2. The van der Waals surface area contributed by atoms with Gasteiger partial charge in [-0.05, 0) is 37.0 Å². The fraction of sp³-hybridized carbons (Fsp3) is 0.263. The fourth-order valence-corrected chi connectivity index (χ4v) is 3.51. The molecule has 0 aliphatic rings. The van der Waals surface area contributed by atoms with Gasteiger partial charge in [0.05, 0.1) is 17.9 Å². The molecule has 4 N–H and O–H groups in total. The Kier molecular flexibility index (Phi) is 7.98. The molecular formula is C19H22N4O5S. The van der Waals surface area contributed by atoms with Crippen molar-refractivity contribution in [2.24, 2.45) is 5.73 Å². The number of hydrogen-bond acceptors (Lipinski definition) is 7. The Morgan fingerprint density at radius 2 is 1.69 bits per heavy atom. The minimum atomic E-state index is -3.79. The SMILES string of the molecule is NCC(=O)NC(=O)c1ccc(C(=O)NS(=O)(=O)CCCCc2ccccc2)cn1. The van der Waals surface area contributed by atoms with Gasteiger partial charge in [0.2, 0.25) is 15.9 Å². The maximum Gasteiger partial charge on any atom is 0.276 e. The number of nitrogens with two attached hydrogens (primary N) is 1. The van der Waals surface area contributed by atoms with E-state index in [0.29, 0.717) is 12.8 Å². The lowest BCUT2D eigenvalue weighted by atomic mass is 10.1. The number of unbranched alkanes of at least 4 members (excludes halogenated alkanes) is 1. The van der Waals surface area contributed by atoms with Gasteiger partial charge in [0, 0.05) is 6.20 Å². The number of sulfonamides is 1. The number of nitrogens with one attached hydrogen (secondary N) is 2. The van der Waals surface area contributed by atoms with Crippen LogP contribution in [0.15, 0.2) is 48.7 Å². The largest absolute Gasteiger partial charge is 0.322 e. The molecule has 0 saturated carbocycles. The van der Waals surface area contributed by atoms with Crippen LogP contribution in [-0.4, -0.2) is 43.4 Å². The molecule has 0 saturated heterocycles. The van der Waals surface area contributed by atoms with Gasteiger partial charge in [0.15, 0.2) is 0 Å². The van der Waals surface area contributed by atoms with Gasteiger partial charge < -0.3 is 5.73 Å². The summed E-state index contributed by atoms with van der Waals surface area (Å²) in [5, 5.41) is 2.01. The quantitative estimate of drug-likeness (QED) is 0.498. The van der Waals surface area contributed by atoms with Crippen molar-refractivity contribution in [2.75, 3.05) is 12.3 Å². The standard InChI is InChI=1S/C19H22N4O5S/c20-12-17(24)22-19(26)16-10-9-15(13-21-16)18(25)23-29(27,28)11-5-4-8-14-6-2-1-3-7-14/h1-3,6-7,9-10,13H,4-5,8,11-12,20H2,(H,23,25)(H,22,24,26). The summed E-state index contributed by atoms with van der Waals surface area (Å²) >= 11 is 0. The molecule has 154 valence electrons. The number of carbonyl (C=O) groups is 3. The van der Waals surface area contributed by atoms with E-state index < -0.39 is 27.7 Å². The van der Waals surface area contributed by atoms with Crippen LogP contribution in [0.4, 0.5) is 0 Å². The van der Waals surface area contributed by atoms with Gasteiger partial charge in [-0.15, -0.1) is 0 Å². The van der Waals surface area contributed by atoms with Gasteiger partial charge in [-0.1, -0.05) is 30.3 Å². The van der Waals surface area contributed by atoms with E-state index in [9.17, 15) is 22.8 Å². The van der Waals surface area contributed by atoms with Gasteiger partial charge >= 0.3 is 0 Å². The van der Waals surface area contributed by atoms with E-state index in [-0.39, 0.29) is 23.6 Å². The molecule has 0 fully saturated rings. The van der Waals surface area contributed by atoms with Crippen LogP contribution in [0.3, 0.4) is 0 Å². The zero-order valence-corrected chi connectivity index (χ0v) is 16.4. The van der Waals surface area contributed by atoms with E-state index in [2.05, 4.69) is 4.98 Å². The first-order chi connectivity index (χ1) is 13.8. The molecule has 0 spiro atoms. The van der Waals surface area contributed by atoms with Crippen LogP contribution < -0.4 is 15.8 Å². The Morgan fingerprint density at radius 3 is 2.31 bits per heavy atom. The van der Waals surface area contributed by atoms with Crippen molar-refractivity contribution < 1.29 is 22.8 Å².